The summed E-state index contributed by atoms with van der Waals surface area (Å²) in [5.41, 5.74) is -0.543. The van der Waals surface area contributed by atoms with Crippen molar-refractivity contribution in [3.63, 3.8) is 0 Å². The van der Waals surface area contributed by atoms with Crippen LogP contribution in [0.25, 0.3) is 0 Å². The number of ether oxygens (including phenoxy) is 1. The van der Waals surface area contributed by atoms with E-state index in [1.165, 1.54) is 20.1 Å². The molecular weight excluding hydrogens is 240 g/mol. The summed E-state index contributed by atoms with van der Waals surface area (Å²) in [4.78, 5) is 14.3. The van der Waals surface area contributed by atoms with Crippen LogP contribution in [0, 0.1) is 5.92 Å². The number of likely N-dealkylation sites (N-methyl/N-ethyl adjacent to an activating group) is 1. The lowest BCUT2D eigenvalue weighted by Gasteiger charge is -2.27. The number of methoxy groups -OCH3 is 1. The summed E-state index contributed by atoms with van der Waals surface area (Å²) in [5, 5.41) is 3.09. The fourth-order valence-corrected chi connectivity index (χ4v) is 3.05. The topological polar surface area (TPSA) is 41.6 Å². The Kier molecular flexibility index (Phi) is 6.27. The standard InChI is InChI=1S/C15H30N2O2/c1-12-10-13(2)17(11-12)9-7-6-8-15(3,16-4)14(18)19-5/h12-13,16H,6-11H2,1-5H3. The zero-order valence-corrected chi connectivity index (χ0v) is 13.2. The highest BCUT2D eigenvalue weighted by molar-refractivity contribution is 5.80. The lowest BCUT2D eigenvalue weighted by atomic mass is 9.95. The molecule has 0 aromatic carbocycles. The normalized spacial score (nSPS) is 27.2. The minimum absolute atomic E-state index is 0.168. The van der Waals surface area contributed by atoms with Crippen molar-refractivity contribution in [2.75, 3.05) is 27.2 Å². The van der Waals surface area contributed by atoms with Crippen LogP contribution in [0.3, 0.4) is 0 Å². The third-order valence-corrected chi connectivity index (χ3v) is 4.47. The second kappa shape index (κ2) is 7.25. The highest BCUT2D eigenvalue weighted by Gasteiger charge is 2.32. The van der Waals surface area contributed by atoms with E-state index in [9.17, 15) is 4.79 Å². The van der Waals surface area contributed by atoms with E-state index in [-0.39, 0.29) is 5.97 Å². The zero-order chi connectivity index (χ0) is 14.5. The van der Waals surface area contributed by atoms with Crippen molar-refractivity contribution in [2.24, 2.45) is 5.92 Å². The molecule has 1 aliphatic heterocycles. The third-order valence-electron chi connectivity index (χ3n) is 4.47. The van der Waals surface area contributed by atoms with Crippen LogP contribution in [0.4, 0.5) is 0 Å². The van der Waals surface area contributed by atoms with E-state index in [4.69, 9.17) is 4.74 Å². The largest absolute Gasteiger partial charge is 0.468 e. The summed E-state index contributed by atoms with van der Waals surface area (Å²) in [5.74, 6) is 0.658. The van der Waals surface area contributed by atoms with Crippen molar-refractivity contribution >= 4 is 5.97 Å². The molecule has 3 unspecified atom stereocenters. The number of carbonyl (C=O) groups excluding carboxylic acids is 1. The molecule has 0 bridgehead atoms. The summed E-state index contributed by atoms with van der Waals surface area (Å²) in [6, 6.07) is 0.714. The molecule has 112 valence electrons. The number of hydrogen-bond donors (Lipinski definition) is 1. The summed E-state index contributed by atoms with van der Waals surface area (Å²) < 4.78 is 4.86. The SMILES string of the molecule is CNC(C)(CCCCN1CC(C)CC1C)C(=O)OC. The van der Waals surface area contributed by atoms with E-state index in [1.807, 2.05) is 14.0 Å². The van der Waals surface area contributed by atoms with Gasteiger partial charge < -0.3 is 15.0 Å². The van der Waals surface area contributed by atoms with Crippen LogP contribution in [-0.4, -0.2) is 49.7 Å². The summed E-state index contributed by atoms with van der Waals surface area (Å²) >= 11 is 0. The fraction of sp³-hybridized carbons (Fsp3) is 0.933. The maximum atomic E-state index is 11.7. The third kappa shape index (κ3) is 4.46. The molecule has 0 aromatic rings. The molecule has 0 saturated carbocycles. The average molecular weight is 270 g/mol. The van der Waals surface area contributed by atoms with Gasteiger partial charge in [0, 0.05) is 12.6 Å². The Morgan fingerprint density at radius 3 is 2.58 bits per heavy atom. The number of rotatable bonds is 7. The van der Waals surface area contributed by atoms with Crippen molar-refractivity contribution in [3.8, 4) is 0 Å². The van der Waals surface area contributed by atoms with Gasteiger partial charge in [0.25, 0.3) is 0 Å². The molecule has 1 rings (SSSR count). The maximum absolute atomic E-state index is 11.7. The number of likely N-dealkylation sites (tertiary alicyclic amines) is 1. The molecule has 3 atom stereocenters. The van der Waals surface area contributed by atoms with Gasteiger partial charge in [0.15, 0.2) is 0 Å². The molecule has 1 saturated heterocycles. The molecule has 0 spiro atoms. The monoisotopic (exact) mass is 270 g/mol. The lowest BCUT2D eigenvalue weighted by molar-refractivity contribution is -0.148. The molecule has 1 aliphatic rings. The van der Waals surface area contributed by atoms with E-state index < -0.39 is 5.54 Å². The smallest absolute Gasteiger partial charge is 0.325 e. The van der Waals surface area contributed by atoms with E-state index in [0.717, 1.165) is 31.7 Å². The van der Waals surface area contributed by atoms with Gasteiger partial charge in [-0.1, -0.05) is 6.92 Å². The van der Waals surface area contributed by atoms with Gasteiger partial charge in [-0.15, -0.1) is 0 Å². The van der Waals surface area contributed by atoms with Crippen LogP contribution < -0.4 is 5.32 Å². The van der Waals surface area contributed by atoms with E-state index in [1.54, 1.807) is 0 Å². The van der Waals surface area contributed by atoms with Crippen molar-refractivity contribution in [2.45, 2.75) is 58.0 Å². The van der Waals surface area contributed by atoms with Crippen molar-refractivity contribution in [1.82, 2.24) is 10.2 Å². The Hall–Kier alpha value is -0.610. The Bertz CT molecular complexity index is 296. The quantitative estimate of drug-likeness (QED) is 0.568. The van der Waals surface area contributed by atoms with Crippen LogP contribution in [-0.2, 0) is 9.53 Å². The average Bonchev–Trinajstić information content (AvgIpc) is 2.71. The predicted molar refractivity (Wildman–Crippen MR) is 78.1 cm³/mol. The zero-order valence-electron chi connectivity index (χ0n) is 13.2. The predicted octanol–water partition coefficient (Wildman–Crippen LogP) is 2.04. The van der Waals surface area contributed by atoms with Crippen LogP contribution in [0.1, 0.15) is 46.5 Å². The van der Waals surface area contributed by atoms with Crippen LogP contribution >= 0.6 is 0 Å². The van der Waals surface area contributed by atoms with Gasteiger partial charge in [-0.25, -0.2) is 0 Å². The Balaban J connectivity index is 2.28. The van der Waals surface area contributed by atoms with Gasteiger partial charge in [-0.3, -0.25) is 4.79 Å². The summed E-state index contributed by atoms with van der Waals surface area (Å²) in [7, 11) is 3.27. The van der Waals surface area contributed by atoms with Gasteiger partial charge in [-0.05, 0) is 59.0 Å². The van der Waals surface area contributed by atoms with Gasteiger partial charge in [0.1, 0.15) is 5.54 Å². The molecule has 4 nitrogen and oxygen atoms in total. The van der Waals surface area contributed by atoms with Crippen LogP contribution in [0.5, 0.6) is 0 Å². The number of nitrogens with zero attached hydrogens (tertiary/aromatic N) is 1. The first kappa shape index (κ1) is 16.4. The number of hydrogen-bond acceptors (Lipinski definition) is 4. The lowest BCUT2D eigenvalue weighted by Crippen LogP contribution is -2.48. The minimum Gasteiger partial charge on any atom is -0.468 e. The van der Waals surface area contributed by atoms with Gasteiger partial charge in [0.05, 0.1) is 7.11 Å². The van der Waals surface area contributed by atoms with E-state index in [0.29, 0.717) is 6.04 Å². The van der Waals surface area contributed by atoms with Gasteiger partial charge in [0.2, 0.25) is 0 Å². The summed E-state index contributed by atoms with van der Waals surface area (Å²) in [6.45, 7) is 8.93. The van der Waals surface area contributed by atoms with Gasteiger partial charge in [-0.2, -0.15) is 0 Å². The molecule has 0 aromatic heterocycles. The molecule has 1 heterocycles. The molecule has 0 amide bonds. The van der Waals surface area contributed by atoms with Crippen molar-refractivity contribution < 1.29 is 9.53 Å². The molecule has 1 fully saturated rings. The molecular formula is C15H30N2O2. The maximum Gasteiger partial charge on any atom is 0.325 e. The van der Waals surface area contributed by atoms with Crippen molar-refractivity contribution in [3.05, 3.63) is 0 Å². The van der Waals surface area contributed by atoms with Gasteiger partial charge >= 0.3 is 5.97 Å². The number of unbranched alkanes of at least 4 members (excludes halogenated alkanes) is 1. The first-order valence-electron chi connectivity index (χ1n) is 7.44. The second-order valence-electron chi connectivity index (χ2n) is 6.22. The van der Waals surface area contributed by atoms with E-state index >= 15 is 0 Å². The first-order chi connectivity index (χ1) is 8.92. The highest BCUT2D eigenvalue weighted by Crippen LogP contribution is 2.23. The first-order valence-corrected chi connectivity index (χ1v) is 7.44. The second-order valence-corrected chi connectivity index (χ2v) is 6.22. The number of nitrogens with one attached hydrogen (secondary N) is 1. The van der Waals surface area contributed by atoms with Crippen LogP contribution in [0.2, 0.25) is 0 Å². The number of carbonyl (C=O) groups is 1. The minimum atomic E-state index is -0.543. The Morgan fingerprint density at radius 1 is 1.42 bits per heavy atom. The van der Waals surface area contributed by atoms with E-state index in [2.05, 4.69) is 24.1 Å². The summed E-state index contributed by atoms with van der Waals surface area (Å²) in [6.07, 6.45) is 4.33. The highest BCUT2D eigenvalue weighted by atomic mass is 16.5. The van der Waals surface area contributed by atoms with Crippen molar-refractivity contribution in [1.29, 1.82) is 0 Å². The molecule has 1 N–H and O–H groups in total. The number of esters is 1. The molecule has 0 radical (unpaired) electrons. The molecule has 19 heavy (non-hydrogen) atoms. The van der Waals surface area contributed by atoms with Crippen LogP contribution in [0.15, 0.2) is 0 Å². The Morgan fingerprint density at radius 2 is 2.11 bits per heavy atom. The molecule has 0 aliphatic carbocycles. The molecule has 4 heteroatoms. The Labute approximate surface area is 117 Å². The fourth-order valence-electron chi connectivity index (χ4n) is 3.05.